The van der Waals surface area contributed by atoms with E-state index in [-0.39, 0.29) is 5.56 Å². The average Bonchev–Trinajstić information content (AvgIpc) is 2.53. The van der Waals surface area contributed by atoms with Crippen LogP contribution in [0.15, 0.2) is 27.7 Å². The summed E-state index contributed by atoms with van der Waals surface area (Å²) in [5, 5.41) is 3.91. The van der Waals surface area contributed by atoms with Crippen molar-refractivity contribution >= 4 is 11.3 Å². The topological polar surface area (TPSA) is 45.8 Å². The zero-order valence-electron chi connectivity index (χ0n) is 7.07. The molecule has 0 saturated carbocycles. The third-order valence-corrected chi connectivity index (χ3v) is 2.35. The first-order valence-electron chi connectivity index (χ1n) is 3.86. The molecule has 0 aliphatic heterocycles. The van der Waals surface area contributed by atoms with Crippen molar-refractivity contribution in [2.24, 2.45) is 0 Å². The van der Waals surface area contributed by atoms with Gasteiger partial charge >= 0.3 is 0 Å². The molecule has 1 N–H and O–H groups in total. The molecule has 2 aromatic rings. The molecule has 2 rings (SSSR count). The van der Waals surface area contributed by atoms with Crippen LogP contribution in [0.25, 0.3) is 11.4 Å². The molecule has 0 radical (unpaired) electrons. The fraction of sp³-hybridized carbons (Fsp3) is 0.111. The number of thiophene rings is 1. The van der Waals surface area contributed by atoms with Gasteiger partial charge in [-0.2, -0.15) is 11.3 Å². The van der Waals surface area contributed by atoms with E-state index in [4.69, 9.17) is 0 Å². The summed E-state index contributed by atoms with van der Waals surface area (Å²) in [7, 11) is 0. The first kappa shape index (κ1) is 8.19. The van der Waals surface area contributed by atoms with Crippen LogP contribution in [0.5, 0.6) is 0 Å². The van der Waals surface area contributed by atoms with Crippen molar-refractivity contribution in [1.82, 2.24) is 9.97 Å². The van der Waals surface area contributed by atoms with Gasteiger partial charge in [0.15, 0.2) is 0 Å². The molecule has 2 heterocycles. The molecule has 66 valence electrons. The number of nitrogens with one attached hydrogen (secondary N) is 1. The molecule has 0 spiro atoms. The van der Waals surface area contributed by atoms with Gasteiger partial charge in [-0.25, -0.2) is 4.98 Å². The van der Waals surface area contributed by atoms with Crippen molar-refractivity contribution < 1.29 is 0 Å². The fourth-order valence-corrected chi connectivity index (χ4v) is 1.76. The minimum Gasteiger partial charge on any atom is -0.306 e. The third-order valence-electron chi connectivity index (χ3n) is 1.66. The van der Waals surface area contributed by atoms with E-state index in [1.807, 2.05) is 23.8 Å². The number of rotatable bonds is 1. The molecular weight excluding hydrogens is 184 g/mol. The molecule has 0 atom stereocenters. The van der Waals surface area contributed by atoms with Crippen molar-refractivity contribution in [3.05, 3.63) is 38.9 Å². The summed E-state index contributed by atoms with van der Waals surface area (Å²) in [5.41, 5.74) is 1.60. The monoisotopic (exact) mass is 192 g/mol. The Bertz CT molecular complexity index is 459. The summed E-state index contributed by atoms with van der Waals surface area (Å²) in [6.45, 7) is 1.81. The van der Waals surface area contributed by atoms with Crippen molar-refractivity contribution in [3.63, 3.8) is 0 Å². The number of hydrogen-bond acceptors (Lipinski definition) is 3. The Labute approximate surface area is 79.1 Å². The van der Waals surface area contributed by atoms with E-state index in [0.29, 0.717) is 5.82 Å². The maximum atomic E-state index is 11.1. The highest BCUT2D eigenvalue weighted by Crippen LogP contribution is 2.16. The van der Waals surface area contributed by atoms with Gasteiger partial charge in [0.05, 0.1) is 0 Å². The minimum absolute atomic E-state index is 0.103. The maximum absolute atomic E-state index is 11.1. The molecule has 0 aliphatic carbocycles. The highest BCUT2D eigenvalue weighted by molar-refractivity contribution is 7.08. The lowest BCUT2D eigenvalue weighted by molar-refractivity contribution is 1.08. The predicted octanol–water partition coefficient (Wildman–Crippen LogP) is 1.81. The molecule has 0 amide bonds. The SMILES string of the molecule is Cc1cc(=O)[nH]c(-c2ccsc2)n1. The molecule has 0 aliphatic rings. The number of nitrogens with zero attached hydrogens (tertiary/aromatic N) is 1. The summed E-state index contributed by atoms with van der Waals surface area (Å²) in [6, 6.07) is 3.41. The molecule has 3 nitrogen and oxygen atoms in total. The van der Waals surface area contributed by atoms with Crippen molar-refractivity contribution in [3.8, 4) is 11.4 Å². The van der Waals surface area contributed by atoms with Gasteiger partial charge in [0.1, 0.15) is 5.82 Å². The maximum Gasteiger partial charge on any atom is 0.251 e. The lowest BCUT2D eigenvalue weighted by atomic mass is 10.3. The predicted molar refractivity (Wildman–Crippen MR) is 52.9 cm³/mol. The Morgan fingerprint density at radius 3 is 3.00 bits per heavy atom. The first-order chi connectivity index (χ1) is 6.25. The molecule has 0 unspecified atom stereocenters. The van der Waals surface area contributed by atoms with Crippen LogP contribution in [0, 0.1) is 6.92 Å². The zero-order chi connectivity index (χ0) is 9.26. The van der Waals surface area contributed by atoms with Gasteiger partial charge in [0.2, 0.25) is 0 Å². The van der Waals surface area contributed by atoms with Crippen LogP contribution in [0.4, 0.5) is 0 Å². The average molecular weight is 192 g/mol. The molecule has 2 aromatic heterocycles. The van der Waals surface area contributed by atoms with Gasteiger partial charge in [-0.1, -0.05) is 0 Å². The van der Waals surface area contributed by atoms with Crippen LogP contribution >= 0.6 is 11.3 Å². The normalized spacial score (nSPS) is 10.2. The van der Waals surface area contributed by atoms with Gasteiger partial charge in [-0.3, -0.25) is 4.79 Å². The summed E-state index contributed by atoms with van der Waals surface area (Å²) in [5.74, 6) is 0.645. The molecule has 4 heteroatoms. The fourth-order valence-electron chi connectivity index (χ4n) is 1.12. The van der Waals surface area contributed by atoms with E-state index in [2.05, 4.69) is 9.97 Å². The van der Waals surface area contributed by atoms with Gasteiger partial charge in [0, 0.05) is 22.7 Å². The third kappa shape index (κ3) is 1.67. The summed E-state index contributed by atoms with van der Waals surface area (Å²) < 4.78 is 0. The highest BCUT2D eigenvalue weighted by atomic mass is 32.1. The Morgan fingerprint density at radius 2 is 2.38 bits per heavy atom. The Balaban J connectivity index is 2.59. The molecule has 0 bridgehead atoms. The number of hydrogen-bond donors (Lipinski definition) is 1. The lowest BCUT2D eigenvalue weighted by Gasteiger charge is -1.97. The molecule has 0 fully saturated rings. The second-order valence-corrected chi connectivity index (χ2v) is 3.53. The van der Waals surface area contributed by atoms with Crippen LogP contribution in [0.2, 0.25) is 0 Å². The van der Waals surface area contributed by atoms with Gasteiger partial charge in [0.25, 0.3) is 5.56 Å². The first-order valence-corrected chi connectivity index (χ1v) is 4.80. The van der Waals surface area contributed by atoms with E-state index in [1.165, 1.54) is 6.07 Å². The van der Waals surface area contributed by atoms with Crippen LogP contribution in [-0.4, -0.2) is 9.97 Å². The van der Waals surface area contributed by atoms with Crippen molar-refractivity contribution in [1.29, 1.82) is 0 Å². The van der Waals surface area contributed by atoms with Crippen LogP contribution in [-0.2, 0) is 0 Å². The quantitative estimate of drug-likeness (QED) is 0.749. The summed E-state index contributed by atoms with van der Waals surface area (Å²) >= 11 is 1.58. The largest absolute Gasteiger partial charge is 0.306 e. The molecule has 0 aromatic carbocycles. The van der Waals surface area contributed by atoms with Gasteiger partial charge in [-0.15, -0.1) is 0 Å². The van der Waals surface area contributed by atoms with Gasteiger partial charge < -0.3 is 4.98 Å². The van der Waals surface area contributed by atoms with E-state index < -0.39 is 0 Å². The standard InChI is InChI=1S/C9H8N2OS/c1-6-4-8(12)11-9(10-6)7-2-3-13-5-7/h2-5H,1H3,(H,10,11,12). The molecule has 13 heavy (non-hydrogen) atoms. The number of aromatic amines is 1. The summed E-state index contributed by atoms with van der Waals surface area (Å²) in [6.07, 6.45) is 0. The van der Waals surface area contributed by atoms with Crippen molar-refractivity contribution in [2.45, 2.75) is 6.92 Å². The second kappa shape index (κ2) is 3.14. The minimum atomic E-state index is -0.103. The Kier molecular flexibility index (Phi) is 1.98. The lowest BCUT2D eigenvalue weighted by Crippen LogP contribution is -2.08. The van der Waals surface area contributed by atoms with E-state index in [9.17, 15) is 4.79 Å². The molecular formula is C9H8N2OS. The highest BCUT2D eigenvalue weighted by Gasteiger charge is 2.00. The van der Waals surface area contributed by atoms with Gasteiger partial charge in [-0.05, 0) is 18.4 Å². The Morgan fingerprint density at radius 1 is 1.54 bits per heavy atom. The molecule has 0 saturated heterocycles. The van der Waals surface area contributed by atoms with E-state index in [1.54, 1.807) is 11.3 Å². The number of aromatic nitrogens is 2. The van der Waals surface area contributed by atoms with Crippen LogP contribution in [0.3, 0.4) is 0 Å². The number of H-pyrrole nitrogens is 1. The number of aryl methyl sites for hydroxylation is 1. The Hall–Kier alpha value is -1.42. The smallest absolute Gasteiger partial charge is 0.251 e. The van der Waals surface area contributed by atoms with Crippen LogP contribution in [0.1, 0.15) is 5.69 Å². The second-order valence-electron chi connectivity index (χ2n) is 2.75. The zero-order valence-corrected chi connectivity index (χ0v) is 7.89. The van der Waals surface area contributed by atoms with Crippen molar-refractivity contribution in [2.75, 3.05) is 0 Å². The summed E-state index contributed by atoms with van der Waals surface area (Å²) in [4.78, 5) is 18.0. The van der Waals surface area contributed by atoms with Crippen LogP contribution < -0.4 is 5.56 Å². The van der Waals surface area contributed by atoms with E-state index in [0.717, 1.165) is 11.3 Å². The van der Waals surface area contributed by atoms with E-state index >= 15 is 0 Å².